The molecule has 0 bridgehead atoms. The van der Waals surface area contributed by atoms with Crippen LogP contribution in [-0.2, 0) is 11.8 Å². The number of anilines is 2. The molecule has 1 saturated heterocycles. The standard InChI is InChI=1S/C28H39BrN6O2/c1-18(2)35(11-7-8-24(36)34-14-12-32(4)13-15-34)22-10-9-21(26-27(22)33(5)28(30)31-26)25-19(3)16-20(29)17-23(25)37-6/h9-10,16-18H,7-8,11-15H2,1-6H3,(H2,30,31). The second-order valence-electron chi connectivity index (χ2n) is 10.2. The number of hydrogen-bond donors (Lipinski definition) is 1. The van der Waals surface area contributed by atoms with E-state index in [-0.39, 0.29) is 11.9 Å². The first-order chi connectivity index (χ1) is 17.6. The Morgan fingerprint density at radius 3 is 2.54 bits per heavy atom. The molecule has 3 aromatic rings. The van der Waals surface area contributed by atoms with Crippen LogP contribution in [0.1, 0.15) is 32.3 Å². The van der Waals surface area contributed by atoms with Crippen molar-refractivity contribution >= 4 is 44.5 Å². The van der Waals surface area contributed by atoms with Gasteiger partial charge in [-0.1, -0.05) is 15.9 Å². The van der Waals surface area contributed by atoms with Gasteiger partial charge < -0.3 is 29.7 Å². The van der Waals surface area contributed by atoms with E-state index in [1.54, 1.807) is 7.11 Å². The summed E-state index contributed by atoms with van der Waals surface area (Å²) in [4.78, 5) is 24.2. The normalized spacial score (nSPS) is 14.5. The van der Waals surface area contributed by atoms with Crippen LogP contribution in [0.25, 0.3) is 22.2 Å². The molecule has 4 rings (SSSR count). The van der Waals surface area contributed by atoms with Gasteiger partial charge in [-0.3, -0.25) is 4.79 Å². The molecular formula is C28H39BrN6O2. The summed E-state index contributed by atoms with van der Waals surface area (Å²) in [5.41, 5.74) is 12.3. The van der Waals surface area contributed by atoms with Gasteiger partial charge in [0, 0.05) is 67.8 Å². The van der Waals surface area contributed by atoms with Gasteiger partial charge >= 0.3 is 0 Å². The van der Waals surface area contributed by atoms with E-state index < -0.39 is 0 Å². The third-order valence-electron chi connectivity index (χ3n) is 7.37. The summed E-state index contributed by atoms with van der Waals surface area (Å²) in [6, 6.07) is 8.58. The number of benzene rings is 2. The van der Waals surface area contributed by atoms with E-state index in [0.29, 0.717) is 12.4 Å². The number of carbonyl (C=O) groups is 1. The summed E-state index contributed by atoms with van der Waals surface area (Å²) >= 11 is 3.58. The second kappa shape index (κ2) is 11.3. The number of fused-ring (bicyclic) bond motifs is 1. The Hall–Kier alpha value is -2.78. The number of nitrogen functional groups attached to an aromatic ring is 1. The number of rotatable bonds is 8. The fraction of sp³-hybridized carbons (Fsp3) is 0.500. The minimum absolute atomic E-state index is 0.243. The zero-order valence-corrected chi connectivity index (χ0v) is 24.4. The first kappa shape index (κ1) is 27.3. The molecule has 1 fully saturated rings. The molecule has 0 radical (unpaired) electrons. The molecule has 0 atom stereocenters. The van der Waals surface area contributed by atoms with Crippen molar-refractivity contribution < 1.29 is 9.53 Å². The molecule has 1 aliphatic heterocycles. The second-order valence-corrected chi connectivity index (χ2v) is 11.1. The number of ether oxygens (including phenoxy) is 1. The van der Waals surface area contributed by atoms with E-state index in [2.05, 4.69) is 71.7 Å². The lowest BCUT2D eigenvalue weighted by atomic mass is 9.97. The van der Waals surface area contributed by atoms with Crippen LogP contribution in [0.15, 0.2) is 28.7 Å². The Bertz CT molecular complexity index is 1280. The maximum atomic E-state index is 12.8. The number of piperazine rings is 1. The highest BCUT2D eigenvalue weighted by Gasteiger charge is 2.24. The Kier molecular flexibility index (Phi) is 8.33. The first-order valence-corrected chi connectivity index (χ1v) is 13.7. The minimum Gasteiger partial charge on any atom is -0.496 e. The number of nitrogens with zero attached hydrogens (tertiary/aromatic N) is 5. The smallest absolute Gasteiger partial charge is 0.222 e. The zero-order chi connectivity index (χ0) is 26.9. The van der Waals surface area contributed by atoms with E-state index in [0.717, 1.165) is 82.8 Å². The van der Waals surface area contributed by atoms with E-state index in [9.17, 15) is 4.79 Å². The SMILES string of the molecule is COc1cc(Br)cc(C)c1-c1ccc(N(CCCC(=O)N2CCN(C)CC2)C(C)C)c2c1nc(N)n2C. The predicted octanol–water partition coefficient (Wildman–Crippen LogP) is 4.67. The number of hydrogen-bond acceptors (Lipinski definition) is 6. The lowest BCUT2D eigenvalue weighted by molar-refractivity contribution is -0.132. The molecule has 2 N–H and O–H groups in total. The van der Waals surface area contributed by atoms with Crippen molar-refractivity contribution in [2.75, 3.05) is 57.5 Å². The number of amides is 1. The van der Waals surface area contributed by atoms with Crippen LogP contribution >= 0.6 is 15.9 Å². The van der Waals surface area contributed by atoms with Gasteiger partial charge in [-0.05, 0) is 64.1 Å². The molecule has 2 heterocycles. The van der Waals surface area contributed by atoms with Gasteiger partial charge in [0.15, 0.2) is 0 Å². The number of likely N-dealkylation sites (N-methyl/N-ethyl adjacent to an activating group) is 1. The van der Waals surface area contributed by atoms with Gasteiger partial charge in [-0.2, -0.15) is 0 Å². The predicted molar refractivity (Wildman–Crippen MR) is 155 cm³/mol. The van der Waals surface area contributed by atoms with Crippen LogP contribution in [-0.4, -0.2) is 78.2 Å². The lowest BCUT2D eigenvalue weighted by Gasteiger charge is -2.33. The first-order valence-electron chi connectivity index (χ1n) is 12.9. The monoisotopic (exact) mass is 570 g/mol. The summed E-state index contributed by atoms with van der Waals surface area (Å²) in [7, 11) is 5.75. The largest absolute Gasteiger partial charge is 0.496 e. The van der Waals surface area contributed by atoms with Crippen LogP contribution < -0.4 is 15.4 Å². The molecule has 0 spiro atoms. The molecule has 8 nitrogen and oxygen atoms in total. The molecule has 200 valence electrons. The van der Waals surface area contributed by atoms with Crippen molar-refractivity contribution in [2.45, 2.75) is 39.7 Å². The van der Waals surface area contributed by atoms with Crippen molar-refractivity contribution in [3.8, 4) is 16.9 Å². The van der Waals surface area contributed by atoms with Crippen molar-refractivity contribution in [1.82, 2.24) is 19.4 Å². The Morgan fingerprint density at radius 1 is 1.19 bits per heavy atom. The summed E-state index contributed by atoms with van der Waals surface area (Å²) < 4.78 is 8.68. The summed E-state index contributed by atoms with van der Waals surface area (Å²) in [6.07, 6.45) is 1.34. The van der Waals surface area contributed by atoms with Crippen LogP contribution in [0.2, 0.25) is 0 Å². The van der Waals surface area contributed by atoms with Gasteiger partial charge in [-0.25, -0.2) is 4.98 Å². The van der Waals surface area contributed by atoms with E-state index >= 15 is 0 Å². The van der Waals surface area contributed by atoms with E-state index in [1.807, 2.05) is 22.6 Å². The fourth-order valence-corrected chi connectivity index (χ4v) is 5.79. The molecular weight excluding hydrogens is 532 g/mol. The molecule has 9 heteroatoms. The number of imidazole rings is 1. The molecule has 1 amide bonds. The number of methoxy groups -OCH3 is 1. The Morgan fingerprint density at radius 2 is 1.89 bits per heavy atom. The fourth-order valence-electron chi connectivity index (χ4n) is 5.24. The van der Waals surface area contributed by atoms with Crippen molar-refractivity contribution in [1.29, 1.82) is 0 Å². The van der Waals surface area contributed by atoms with Crippen LogP contribution in [0.4, 0.5) is 11.6 Å². The average Bonchev–Trinajstić information content (AvgIpc) is 3.16. The van der Waals surface area contributed by atoms with Gasteiger partial charge in [0.05, 0.1) is 18.3 Å². The molecule has 0 aliphatic carbocycles. The molecule has 37 heavy (non-hydrogen) atoms. The number of carbonyl (C=O) groups excluding carboxylic acids is 1. The minimum atomic E-state index is 0.243. The third kappa shape index (κ3) is 5.57. The third-order valence-corrected chi connectivity index (χ3v) is 7.82. The molecule has 1 aliphatic rings. The van der Waals surface area contributed by atoms with Crippen molar-refractivity contribution in [2.24, 2.45) is 7.05 Å². The van der Waals surface area contributed by atoms with Crippen molar-refractivity contribution in [3.63, 3.8) is 0 Å². The highest BCUT2D eigenvalue weighted by atomic mass is 79.9. The summed E-state index contributed by atoms with van der Waals surface area (Å²) in [5, 5.41) is 0. The van der Waals surface area contributed by atoms with Gasteiger partial charge in [0.1, 0.15) is 11.3 Å². The van der Waals surface area contributed by atoms with E-state index in [4.69, 9.17) is 15.5 Å². The number of halogens is 1. The van der Waals surface area contributed by atoms with Gasteiger partial charge in [0.2, 0.25) is 11.9 Å². The quantitative estimate of drug-likeness (QED) is 0.424. The molecule has 1 aromatic heterocycles. The van der Waals surface area contributed by atoms with Crippen LogP contribution in [0, 0.1) is 6.92 Å². The maximum absolute atomic E-state index is 12.8. The Balaban J connectivity index is 1.66. The summed E-state index contributed by atoms with van der Waals surface area (Å²) in [5.74, 6) is 1.50. The maximum Gasteiger partial charge on any atom is 0.222 e. The molecule has 0 saturated carbocycles. The highest BCUT2D eigenvalue weighted by molar-refractivity contribution is 9.10. The van der Waals surface area contributed by atoms with Crippen LogP contribution in [0.3, 0.4) is 0 Å². The molecule has 0 unspecified atom stereocenters. The van der Waals surface area contributed by atoms with Gasteiger partial charge in [0.25, 0.3) is 0 Å². The number of aromatic nitrogens is 2. The zero-order valence-electron chi connectivity index (χ0n) is 22.8. The number of aryl methyl sites for hydroxylation is 2. The highest BCUT2D eigenvalue weighted by Crippen LogP contribution is 2.42. The van der Waals surface area contributed by atoms with Crippen molar-refractivity contribution in [3.05, 3.63) is 34.3 Å². The van der Waals surface area contributed by atoms with E-state index in [1.165, 1.54) is 0 Å². The average molecular weight is 572 g/mol. The van der Waals surface area contributed by atoms with Crippen LogP contribution in [0.5, 0.6) is 5.75 Å². The lowest BCUT2D eigenvalue weighted by Crippen LogP contribution is -2.47. The summed E-state index contributed by atoms with van der Waals surface area (Å²) in [6.45, 7) is 10.7. The Labute approximate surface area is 228 Å². The van der Waals surface area contributed by atoms with Gasteiger partial charge in [-0.15, -0.1) is 0 Å². The molecule has 2 aromatic carbocycles. The topological polar surface area (TPSA) is 79.9 Å². The number of nitrogens with two attached hydrogens (primary N) is 1.